The zero-order valence-electron chi connectivity index (χ0n) is 7.47. The van der Waals surface area contributed by atoms with Crippen LogP contribution in [-0.2, 0) is 4.79 Å². The quantitative estimate of drug-likeness (QED) is 0.697. The second-order valence-electron chi connectivity index (χ2n) is 2.87. The van der Waals surface area contributed by atoms with Crippen LogP contribution in [-0.4, -0.2) is 27.4 Å². The molecule has 0 aliphatic carbocycles. The molecule has 1 unspecified atom stereocenters. The summed E-state index contributed by atoms with van der Waals surface area (Å²) in [6, 6.07) is 1.13. The summed E-state index contributed by atoms with van der Waals surface area (Å²) >= 11 is 0. The van der Waals surface area contributed by atoms with Crippen molar-refractivity contribution < 1.29 is 9.90 Å². The summed E-state index contributed by atoms with van der Waals surface area (Å²) in [5, 5.41) is 12.9. The Morgan fingerprint density at radius 1 is 1.85 bits per heavy atom. The van der Waals surface area contributed by atoms with E-state index in [2.05, 4.69) is 5.10 Å². The molecule has 5 heteroatoms. The van der Waals surface area contributed by atoms with Gasteiger partial charge in [0.05, 0.1) is 5.69 Å². The number of rotatable bonds is 4. The first-order valence-electron chi connectivity index (χ1n) is 4.09. The molecule has 0 aliphatic heterocycles. The van der Waals surface area contributed by atoms with E-state index in [1.165, 1.54) is 4.68 Å². The Balaban J connectivity index is 2.81. The van der Waals surface area contributed by atoms with Crippen molar-refractivity contribution >= 4 is 5.97 Å². The minimum absolute atomic E-state index is 0.343. The molecule has 1 aromatic rings. The lowest BCUT2D eigenvalue weighted by Crippen LogP contribution is -2.22. The maximum absolute atomic E-state index is 10.8. The van der Waals surface area contributed by atoms with Crippen LogP contribution in [0.3, 0.4) is 0 Å². The summed E-state index contributed by atoms with van der Waals surface area (Å²) in [7, 11) is 0. The van der Waals surface area contributed by atoms with Gasteiger partial charge in [0.2, 0.25) is 0 Å². The lowest BCUT2D eigenvalue weighted by atomic mass is 10.2. The fourth-order valence-corrected chi connectivity index (χ4v) is 1.13. The number of nitrogens with zero attached hydrogens (tertiary/aromatic N) is 2. The van der Waals surface area contributed by atoms with E-state index >= 15 is 0 Å². The van der Waals surface area contributed by atoms with E-state index in [9.17, 15) is 4.79 Å². The average Bonchev–Trinajstić information content (AvgIpc) is 2.46. The molecule has 72 valence electrons. The number of carboxylic acids is 1. The molecule has 3 N–H and O–H groups in total. The zero-order chi connectivity index (χ0) is 9.84. The number of aryl methyl sites for hydroxylation is 1. The summed E-state index contributed by atoms with van der Waals surface area (Å²) in [6.07, 6.45) is 2.06. The second kappa shape index (κ2) is 4.04. The first-order valence-corrected chi connectivity index (χ1v) is 4.09. The summed E-state index contributed by atoms with van der Waals surface area (Å²) in [5.74, 6) is -0.895. The molecule has 0 saturated carbocycles. The third-order valence-corrected chi connectivity index (χ3v) is 1.79. The maximum atomic E-state index is 10.8. The highest BCUT2D eigenvalue weighted by Gasteiger charge is 2.18. The smallest absolute Gasteiger partial charge is 0.328 e. The number of nitrogens with two attached hydrogens (primary N) is 1. The summed E-state index contributed by atoms with van der Waals surface area (Å²) in [6.45, 7) is 2.16. The van der Waals surface area contributed by atoms with Gasteiger partial charge >= 0.3 is 5.97 Å². The van der Waals surface area contributed by atoms with Crippen molar-refractivity contribution in [2.75, 3.05) is 6.54 Å². The van der Waals surface area contributed by atoms with Crippen LogP contribution in [0.25, 0.3) is 0 Å². The van der Waals surface area contributed by atoms with Crippen LogP contribution >= 0.6 is 0 Å². The molecule has 13 heavy (non-hydrogen) atoms. The van der Waals surface area contributed by atoms with Crippen molar-refractivity contribution in [3.63, 3.8) is 0 Å². The van der Waals surface area contributed by atoms with Gasteiger partial charge in [0.1, 0.15) is 0 Å². The second-order valence-corrected chi connectivity index (χ2v) is 2.87. The van der Waals surface area contributed by atoms with Crippen LogP contribution in [0.15, 0.2) is 12.3 Å². The standard InChI is InChI=1S/C8H13N3O2/c1-6-3-5-11(10-6)7(2-4-9)8(12)13/h3,5,7H,2,4,9H2,1H3,(H,12,13). The number of hydrogen-bond acceptors (Lipinski definition) is 3. The normalized spacial score (nSPS) is 12.8. The van der Waals surface area contributed by atoms with Gasteiger partial charge in [-0.25, -0.2) is 4.79 Å². The van der Waals surface area contributed by atoms with E-state index in [4.69, 9.17) is 10.8 Å². The molecule has 1 atom stereocenters. The number of aromatic nitrogens is 2. The lowest BCUT2D eigenvalue weighted by Gasteiger charge is -2.10. The summed E-state index contributed by atoms with van der Waals surface area (Å²) in [4.78, 5) is 10.8. The van der Waals surface area contributed by atoms with Crippen LogP contribution in [0.4, 0.5) is 0 Å². The van der Waals surface area contributed by atoms with Gasteiger partial charge in [0.25, 0.3) is 0 Å². The third-order valence-electron chi connectivity index (χ3n) is 1.79. The Bertz CT molecular complexity index is 295. The molecule has 1 aromatic heterocycles. The Morgan fingerprint density at radius 2 is 2.54 bits per heavy atom. The Morgan fingerprint density at radius 3 is 2.92 bits per heavy atom. The molecular formula is C8H13N3O2. The van der Waals surface area contributed by atoms with Gasteiger partial charge in [-0.1, -0.05) is 0 Å². The molecule has 0 aromatic carbocycles. The van der Waals surface area contributed by atoms with Crippen molar-refractivity contribution in [3.8, 4) is 0 Å². The van der Waals surface area contributed by atoms with Crippen molar-refractivity contribution in [2.45, 2.75) is 19.4 Å². The average molecular weight is 183 g/mol. The monoisotopic (exact) mass is 183 g/mol. The van der Waals surface area contributed by atoms with E-state index in [0.717, 1.165) is 5.69 Å². The largest absolute Gasteiger partial charge is 0.480 e. The molecule has 0 spiro atoms. The fourth-order valence-electron chi connectivity index (χ4n) is 1.13. The first kappa shape index (κ1) is 9.73. The predicted molar refractivity (Wildman–Crippen MR) is 47.3 cm³/mol. The van der Waals surface area contributed by atoms with E-state index in [-0.39, 0.29) is 0 Å². The highest BCUT2D eigenvalue weighted by atomic mass is 16.4. The highest BCUT2D eigenvalue weighted by Crippen LogP contribution is 2.10. The SMILES string of the molecule is Cc1ccn(C(CCN)C(=O)O)n1. The van der Waals surface area contributed by atoms with Crippen LogP contribution in [0.1, 0.15) is 18.2 Å². The minimum Gasteiger partial charge on any atom is -0.480 e. The van der Waals surface area contributed by atoms with Gasteiger partial charge in [-0.15, -0.1) is 0 Å². The highest BCUT2D eigenvalue weighted by molar-refractivity contribution is 5.71. The van der Waals surface area contributed by atoms with Gasteiger partial charge in [-0.05, 0) is 26.0 Å². The number of hydrogen-bond donors (Lipinski definition) is 2. The van der Waals surface area contributed by atoms with E-state index in [1.54, 1.807) is 12.3 Å². The molecule has 0 amide bonds. The maximum Gasteiger partial charge on any atom is 0.328 e. The van der Waals surface area contributed by atoms with Crippen LogP contribution < -0.4 is 5.73 Å². The van der Waals surface area contributed by atoms with Crippen LogP contribution in [0.5, 0.6) is 0 Å². The minimum atomic E-state index is -0.895. The fraction of sp³-hybridized carbons (Fsp3) is 0.500. The van der Waals surface area contributed by atoms with Gasteiger partial charge in [-0.3, -0.25) is 4.68 Å². The van der Waals surface area contributed by atoms with Gasteiger partial charge in [-0.2, -0.15) is 5.10 Å². The molecule has 0 bridgehead atoms. The van der Waals surface area contributed by atoms with Gasteiger partial charge in [0, 0.05) is 6.20 Å². The Hall–Kier alpha value is -1.36. The van der Waals surface area contributed by atoms with Crippen molar-refractivity contribution in [3.05, 3.63) is 18.0 Å². The molecule has 1 rings (SSSR count). The molecule has 0 radical (unpaired) electrons. The first-order chi connectivity index (χ1) is 6.15. The van der Waals surface area contributed by atoms with Crippen molar-refractivity contribution in [1.29, 1.82) is 0 Å². The van der Waals surface area contributed by atoms with Crippen LogP contribution in [0.2, 0.25) is 0 Å². The molecule has 1 heterocycles. The number of aliphatic carboxylic acids is 1. The van der Waals surface area contributed by atoms with Gasteiger partial charge in [0.15, 0.2) is 6.04 Å². The third kappa shape index (κ3) is 2.29. The van der Waals surface area contributed by atoms with Crippen molar-refractivity contribution in [1.82, 2.24) is 9.78 Å². The van der Waals surface area contributed by atoms with E-state index < -0.39 is 12.0 Å². The molecule has 0 saturated heterocycles. The molecular weight excluding hydrogens is 170 g/mol. The zero-order valence-corrected chi connectivity index (χ0v) is 7.47. The number of carbonyl (C=O) groups is 1. The van der Waals surface area contributed by atoms with Crippen LogP contribution in [0, 0.1) is 6.92 Å². The Kier molecular flexibility index (Phi) is 3.02. The molecule has 0 fully saturated rings. The summed E-state index contributed by atoms with van der Waals surface area (Å²) < 4.78 is 1.44. The predicted octanol–water partition coefficient (Wildman–Crippen LogP) is 0.166. The number of carboxylic acid groups (broad SMARTS) is 1. The van der Waals surface area contributed by atoms with Gasteiger partial charge < -0.3 is 10.8 Å². The summed E-state index contributed by atoms with van der Waals surface area (Å²) in [5.41, 5.74) is 6.12. The molecule has 0 aliphatic rings. The van der Waals surface area contributed by atoms with E-state index in [1.807, 2.05) is 6.92 Å². The van der Waals surface area contributed by atoms with Crippen molar-refractivity contribution in [2.24, 2.45) is 5.73 Å². The molecule has 5 nitrogen and oxygen atoms in total. The topological polar surface area (TPSA) is 81.1 Å². The lowest BCUT2D eigenvalue weighted by molar-refractivity contribution is -0.141. The van der Waals surface area contributed by atoms with E-state index in [0.29, 0.717) is 13.0 Å². The Labute approximate surface area is 76.2 Å².